The van der Waals surface area contributed by atoms with E-state index in [1.54, 1.807) is 0 Å². The maximum Gasteiger partial charge on any atom is 0.238 e. The molecule has 1 N–H and O–H groups in total. The summed E-state index contributed by atoms with van der Waals surface area (Å²) in [6, 6.07) is 6.15. The highest BCUT2D eigenvalue weighted by Gasteiger charge is 2.36. The number of benzene rings is 1. The first kappa shape index (κ1) is 13.6. The molecule has 2 fully saturated rings. The number of rotatable bonds is 3. The van der Waals surface area contributed by atoms with Gasteiger partial charge in [-0.15, -0.1) is 0 Å². The fourth-order valence-corrected chi connectivity index (χ4v) is 3.81. The molecule has 3 rings (SSSR count). The molecule has 0 aromatic heterocycles. The normalized spacial score (nSPS) is 25.7. The zero-order valence-corrected chi connectivity index (χ0v) is 12.5. The van der Waals surface area contributed by atoms with Crippen LogP contribution in [-0.4, -0.2) is 30.4 Å². The molecule has 1 aromatic carbocycles. The van der Waals surface area contributed by atoms with Crippen LogP contribution in [0.15, 0.2) is 18.2 Å². The number of nitrogens with one attached hydrogen (secondary N) is 1. The maximum atomic E-state index is 12.2. The predicted molar refractivity (Wildman–Crippen MR) is 81.8 cm³/mol. The molecule has 108 valence electrons. The standard InChI is InChI=1S/C17H24N2O/c1-12-6-7-16(13(2)8-12)18-17(20)11-19-9-14-4-3-5-15(14)10-19/h6-8,14-15H,3-5,9-11H2,1-2H3,(H,18,20). The molecule has 20 heavy (non-hydrogen) atoms. The number of anilines is 1. The number of carbonyl (C=O) groups is 1. The van der Waals surface area contributed by atoms with Gasteiger partial charge in [0.05, 0.1) is 6.54 Å². The third kappa shape index (κ3) is 2.88. The van der Waals surface area contributed by atoms with E-state index in [2.05, 4.69) is 23.2 Å². The Labute approximate surface area is 121 Å². The largest absolute Gasteiger partial charge is 0.325 e. The highest BCUT2D eigenvalue weighted by molar-refractivity contribution is 5.93. The van der Waals surface area contributed by atoms with Crippen molar-refractivity contribution < 1.29 is 4.79 Å². The fraction of sp³-hybridized carbons (Fsp3) is 0.588. The SMILES string of the molecule is Cc1ccc(NC(=O)CN2CC3CCCC3C2)c(C)c1. The predicted octanol–water partition coefficient (Wildman–Crippen LogP) is 2.97. The number of hydrogen-bond acceptors (Lipinski definition) is 2. The van der Waals surface area contributed by atoms with Crippen LogP contribution in [0.4, 0.5) is 5.69 Å². The fourth-order valence-electron chi connectivity index (χ4n) is 3.81. The minimum absolute atomic E-state index is 0.122. The minimum atomic E-state index is 0.122. The Bertz CT molecular complexity index is 500. The van der Waals surface area contributed by atoms with Gasteiger partial charge in [0, 0.05) is 18.8 Å². The summed E-state index contributed by atoms with van der Waals surface area (Å²) in [4.78, 5) is 14.5. The third-order valence-corrected chi connectivity index (χ3v) is 4.83. The van der Waals surface area contributed by atoms with Crippen LogP contribution in [0.3, 0.4) is 0 Å². The number of hydrogen-bond donors (Lipinski definition) is 1. The smallest absolute Gasteiger partial charge is 0.238 e. The Hall–Kier alpha value is -1.35. The molecule has 3 heteroatoms. The number of fused-ring (bicyclic) bond motifs is 1. The van der Waals surface area contributed by atoms with E-state index in [1.165, 1.54) is 24.8 Å². The molecule has 1 saturated carbocycles. The van der Waals surface area contributed by atoms with Crippen LogP contribution in [0.2, 0.25) is 0 Å². The molecular formula is C17H24N2O. The first-order valence-corrected chi connectivity index (χ1v) is 7.71. The summed E-state index contributed by atoms with van der Waals surface area (Å²) < 4.78 is 0. The third-order valence-electron chi connectivity index (χ3n) is 4.83. The molecule has 0 spiro atoms. The molecule has 1 aliphatic heterocycles. The summed E-state index contributed by atoms with van der Waals surface area (Å²) in [5, 5.41) is 3.05. The van der Waals surface area contributed by atoms with E-state index in [0.717, 1.165) is 36.2 Å². The lowest BCUT2D eigenvalue weighted by molar-refractivity contribution is -0.117. The molecule has 1 aliphatic carbocycles. The van der Waals surface area contributed by atoms with Crippen molar-refractivity contribution in [2.75, 3.05) is 25.0 Å². The van der Waals surface area contributed by atoms with Crippen LogP contribution >= 0.6 is 0 Å². The van der Waals surface area contributed by atoms with Crippen molar-refractivity contribution >= 4 is 11.6 Å². The van der Waals surface area contributed by atoms with Gasteiger partial charge in [-0.25, -0.2) is 0 Å². The zero-order chi connectivity index (χ0) is 14.1. The van der Waals surface area contributed by atoms with E-state index in [4.69, 9.17) is 0 Å². The summed E-state index contributed by atoms with van der Waals surface area (Å²) in [7, 11) is 0. The lowest BCUT2D eigenvalue weighted by Crippen LogP contribution is -2.32. The summed E-state index contributed by atoms with van der Waals surface area (Å²) in [5.74, 6) is 1.82. The van der Waals surface area contributed by atoms with Crippen molar-refractivity contribution in [1.29, 1.82) is 0 Å². The molecule has 0 radical (unpaired) electrons. The summed E-state index contributed by atoms with van der Waals surface area (Å²) >= 11 is 0. The van der Waals surface area contributed by atoms with Crippen molar-refractivity contribution in [2.24, 2.45) is 11.8 Å². The van der Waals surface area contributed by atoms with Crippen LogP contribution in [-0.2, 0) is 4.79 Å². The van der Waals surface area contributed by atoms with Gasteiger partial charge in [0.2, 0.25) is 5.91 Å². The number of aryl methyl sites for hydroxylation is 2. The van der Waals surface area contributed by atoms with Crippen LogP contribution < -0.4 is 5.32 Å². The van der Waals surface area contributed by atoms with E-state index < -0.39 is 0 Å². The Kier molecular flexibility index (Phi) is 3.79. The van der Waals surface area contributed by atoms with E-state index >= 15 is 0 Å². The topological polar surface area (TPSA) is 32.3 Å². The molecule has 1 amide bonds. The van der Waals surface area contributed by atoms with Crippen molar-refractivity contribution in [3.8, 4) is 0 Å². The van der Waals surface area contributed by atoms with E-state index in [1.807, 2.05) is 19.1 Å². The van der Waals surface area contributed by atoms with Gasteiger partial charge in [-0.2, -0.15) is 0 Å². The van der Waals surface area contributed by atoms with Gasteiger partial charge in [-0.3, -0.25) is 9.69 Å². The highest BCUT2D eigenvalue weighted by atomic mass is 16.2. The second-order valence-electron chi connectivity index (χ2n) is 6.51. The number of likely N-dealkylation sites (tertiary alicyclic amines) is 1. The molecule has 2 atom stereocenters. The number of nitrogens with zero attached hydrogens (tertiary/aromatic N) is 1. The van der Waals surface area contributed by atoms with Gasteiger partial charge in [0.1, 0.15) is 0 Å². The summed E-state index contributed by atoms with van der Waals surface area (Å²) in [6.07, 6.45) is 4.11. The van der Waals surface area contributed by atoms with Crippen LogP contribution in [0, 0.1) is 25.7 Å². The van der Waals surface area contributed by atoms with Crippen molar-refractivity contribution in [1.82, 2.24) is 4.90 Å². The van der Waals surface area contributed by atoms with Gasteiger partial charge in [0.25, 0.3) is 0 Å². The van der Waals surface area contributed by atoms with Crippen molar-refractivity contribution in [3.63, 3.8) is 0 Å². The lowest BCUT2D eigenvalue weighted by Gasteiger charge is -2.17. The maximum absolute atomic E-state index is 12.2. The van der Waals surface area contributed by atoms with Crippen LogP contribution in [0.1, 0.15) is 30.4 Å². The lowest BCUT2D eigenvalue weighted by atomic mass is 10.0. The van der Waals surface area contributed by atoms with E-state index in [9.17, 15) is 4.79 Å². The van der Waals surface area contributed by atoms with Crippen molar-refractivity contribution in [2.45, 2.75) is 33.1 Å². The molecular weight excluding hydrogens is 248 g/mol. The zero-order valence-electron chi connectivity index (χ0n) is 12.5. The Morgan fingerprint density at radius 1 is 1.25 bits per heavy atom. The van der Waals surface area contributed by atoms with Crippen LogP contribution in [0.25, 0.3) is 0 Å². The number of amides is 1. The second-order valence-corrected chi connectivity index (χ2v) is 6.51. The van der Waals surface area contributed by atoms with Gasteiger partial charge >= 0.3 is 0 Å². The average Bonchev–Trinajstić information content (AvgIpc) is 2.93. The summed E-state index contributed by atoms with van der Waals surface area (Å²) in [6.45, 7) is 6.89. The van der Waals surface area contributed by atoms with Gasteiger partial charge < -0.3 is 5.32 Å². The van der Waals surface area contributed by atoms with E-state index in [-0.39, 0.29) is 5.91 Å². The number of carbonyl (C=O) groups excluding carboxylic acids is 1. The molecule has 2 unspecified atom stereocenters. The second kappa shape index (κ2) is 5.57. The molecule has 1 heterocycles. The molecule has 1 aromatic rings. The Morgan fingerprint density at radius 2 is 1.95 bits per heavy atom. The van der Waals surface area contributed by atoms with Gasteiger partial charge in [-0.05, 0) is 50.2 Å². The molecule has 1 saturated heterocycles. The average molecular weight is 272 g/mol. The highest BCUT2D eigenvalue weighted by Crippen LogP contribution is 2.37. The summed E-state index contributed by atoms with van der Waals surface area (Å²) in [5.41, 5.74) is 3.31. The van der Waals surface area contributed by atoms with Gasteiger partial charge in [-0.1, -0.05) is 24.1 Å². The Balaban J connectivity index is 1.55. The Morgan fingerprint density at radius 3 is 2.60 bits per heavy atom. The molecule has 0 bridgehead atoms. The van der Waals surface area contributed by atoms with Crippen molar-refractivity contribution in [3.05, 3.63) is 29.3 Å². The first-order chi connectivity index (χ1) is 9.61. The van der Waals surface area contributed by atoms with E-state index in [0.29, 0.717) is 6.54 Å². The monoisotopic (exact) mass is 272 g/mol. The minimum Gasteiger partial charge on any atom is -0.325 e. The first-order valence-electron chi connectivity index (χ1n) is 7.71. The van der Waals surface area contributed by atoms with Crippen LogP contribution in [0.5, 0.6) is 0 Å². The molecule has 2 aliphatic rings. The quantitative estimate of drug-likeness (QED) is 0.917. The molecule has 3 nitrogen and oxygen atoms in total. The van der Waals surface area contributed by atoms with Gasteiger partial charge in [0.15, 0.2) is 0 Å².